The highest BCUT2D eigenvalue weighted by Crippen LogP contribution is 2.28. The fraction of sp³-hybridized carbons (Fsp3) is 0.294. The summed E-state index contributed by atoms with van der Waals surface area (Å²) in [7, 11) is 0. The van der Waals surface area contributed by atoms with Gasteiger partial charge in [-0.15, -0.1) is 0 Å². The van der Waals surface area contributed by atoms with Gasteiger partial charge in [-0.05, 0) is 60.8 Å². The Bertz CT molecular complexity index is 605. The Hall–Kier alpha value is -0.730. The van der Waals surface area contributed by atoms with Gasteiger partial charge in [0.2, 0.25) is 0 Å². The van der Waals surface area contributed by atoms with Crippen LogP contribution in [0.15, 0.2) is 36.4 Å². The van der Waals surface area contributed by atoms with Gasteiger partial charge in [-0.25, -0.2) is 0 Å². The lowest BCUT2D eigenvalue weighted by Gasteiger charge is -2.20. The summed E-state index contributed by atoms with van der Waals surface area (Å²) in [5.41, 5.74) is 3.40. The van der Waals surface area contributed by atoms with Crippen LogP contribution in [0, 0.1) is 6.92 Å². The van der Waals surface area contributed by atoms with Gasteiger partial charge in [-0.2, -0.15) is 0 Å². The zero-order chi connectivity index (χ0) is 15.4. The molecule has 1 N–H and O–H groups in total. The monoisotopic (exact) mass is 341 g/mol. The average Bonchev–Trinajstić information content (AvgIpc) is 2.40. The molecule has 0 aliphatic carbocycles. The van der Waals surface area contributed by atoms with Crippen molar-refractivity contribution < 1.29 is 0 Å². The smallest absolute Gasteiger partial charge is 0.0453 e. The predicted molar refractivity (Wildman–Crippen MR) is 92.8 cm³/mol. The first kappa shape index (κ1) is 16.6. The number of halogens is 3. The number of nitrogens with one attached hydrogen (secondary N) is 1. The van der Waals surface area contributed by atoms with Crippen molar-refractivity contribution in [3.8, 4) is 0 Å². The number of aryl methyl sites for hydroxylation is 1. The molecule has 2 aromatic carbocycles. The van der Waals surface area contributed by atoms with Crippen molar-refractivity contribution in [1.82, 2.24) is 5.32 Å². The second-order valence-corrected chi connectivity index (χ2v) is 6.39. The normalized spacial score (nSPS) is 12.4. The number of benzene rings is 2. The topological polar surface area (TPSA) is 12.0 Å². The van der Waals surface area contributed by atoms with E-state index in [-0.39, 0.29) is 6.04 Å². The van der Waals surface area contributed by atoms with E-state index >= 15 is 0 Å². The summed E-state index contributed by atoms with van der Waals surface area (Å²) >= 11 is 18.4. The molecule has 0 bridgehead atoms. The van der Waals surface area contributed by atoms with Gasteiger partial charge in [0.25, 0.3) is 0 Å². The van der Waals surface area contributed by atoms with E-state index in [0.717, 1.165) is 29.1 Å². The molecule has 0 aromatic heterocycles. The molecule has 1 unspecified atom stereocenters. The molecule has 112 valence electrons. The molecule has 4 heteroatoms. The molecular weight excluding hydrogens is 325 g/mol. The Balaban J connectivity index is 2.30. The first-order chi connectivity index (χ1) is 9.99. The number of hydrogen-bond donors (Lipinski definition) is 1. The van der Waals surface area contributed by atoms with Crippen molar-refractivity contribution in [2.75, 3.05) is 6.54 Å². The van der Waals surface area contributed by atoms with Crippen LogP contribution in [0.5, 0.6) is 0 Å². The standard InChI is InChI=1S/C17H18Cl3N/c1-3-21-17(13-6-11(2)7-15(19)8-13)9-12-4-5-14(18)10-16(12)20/h4-8,10,17,21H,3,9H2,1-2H3. The summed E-state index contributed by atoms with van der Waals surface area (Å²) in [5, 5.41) is 5.61. The summed E-state index contributed by atoms with van der Waals surface area (Å²) in [6, 6.07) is 11.9. The Labute approximate surface area is 141 Å². The molecule has 21 heavy (non-hydrogen) atoms. The quantitative estimate of drug-likeness (QED) is 0.719. The van der Waals surface area contributed by atoms with E-state index in [4.69, 9.17) is 34.8 Å². The van der Waals surface area contributed by atoms with Gasteiger partial charge < -0.3 is 5.32 Å². The van der Waals surface area contributed by atoms with Gasteiger partial charge in [-0.1, -0.05) is 53.9 Å². The molecule has 1 atom stereocenters. The minimum absolute atomic E-state index is 0.172. The highest BCUT2D eigenvalue weighted by molar-refractivity contribution is 6.35. The van der Waals surface area contributed by atoms with Crippen molar-refractivity contribution in [2.45, 2.75) is 26.3 Å². The van der Waals surface area contributed by atoms with Crippen LogP contribution in [0.4, 0.5) is 0 Å². The summed E-state index contributed by atoms with van der Waals surface area (Å²) in [6.45, 7) is 5.02. The van der Waals surface area contributed by atoms with E-state index in [2.05, 4.69) is 18.3 Å². The van der Waals surface area contributed by atoms with Gasteiger partial charge >= 0.3 is 0 Å². The van der Waals surface area contributed by atoms with Crippen LogP contribution in [0.25, 0.3) is 0 Å². The lowest BCUT2D eigenvalue weighted by Crippen LogP contribution is -2.23. The van der Waals surface area contributed by atoms with Crippen LogP contribution >= 0.6 is 34.8 Å². The Morgan fingerprint density at radius 1 is 1.00 bits per heavy atom. The largest absolute Gasteiger partial charge is 0.310 e. The molecular formula is C17H18Cl3N. The Morgan fingerprint density at radius 3 is 2.38 bits per heavy atom. The van der Waals surface area contributed by atoms with E-state index in [1.165, 1.54) is 5.56 Å². The zero-order valence-corrected chi connectivity index (χ0v) is 14.4. The number of likely N-dealkylation sites (N-methyl/N-ethyl adjacent to an activating group) is 1. The van der Waals surface area contributed by atoms with E-state index in [1.807, 2.05) is 31.2 Å². The molecule has 0 amide bonds. The first-order valence-corrected chi connectivity index (χ1v) is 8.07. The molecule has 0 radical (unpaired) electrons. The van der Waals surface area contributed by atoms with Gasteiger partial charge in [0.15, 0.2) is 0 Å². The fourth-order valence-electron chi connectivity index (χ4n) is 2.43. The molecule has 0 saturated heterocycles. The summed E-state index contributed by atoms with van der Waals surface area (Å²) in [6.07, 6.45) is 0.795. The molecule has 0 fully saturated rings. The maximum Gasteiger partial charge on any atom is 0.0453 e. The van der Waals surface area contributed by atoms with Crippen molar-refractivity contribution in [3.05, 3.63) is 68.2 Å². The van der Waals surface area contributed by atoms with Crippen LogP contribution in [0.3, 0.4) is 0 Å². The third-order valence-corrected chi connectivity index (χ3v) is 4.16. The van der Waals surface area contributed by atoms with Crippen molar-refractivity contribution in [1.29, 1.82) is 0 Å². The molecule has 0 spiro atoms. The molecule has 0 aliphatic rings. The second kappa shape index (κ2) is 7.51. The van der Waals surface area contributed by atoms with Gasteiger partial charge in [0.05, 0.1) is 0 Å². The van der Waals surface area contributed by atoms with Crippen molar-refractivity contribution in [3.63, 3.8) is 0 Å². The van der Waals surface area contributed by atoms with Crippen LogP contribution in [0.2, 0.25) is 15.1 Å². The maximum absolute atomic E-state index is 6.29. The Kier molecular flexibility index (Phi) is 5.95. The summed E-state index contributed by atoms with van der Waals surface area (Å²) in [5.74, 6) is 0. The molecule has 0 saturated carbocycles. The first-order valence-electron chi connectivity index (χ1n) is 6.94. The molecule has 2 aromatic rings. The summed E-state index contributed by atoms with van der Waals surface area (Å²) < 4.78 is 0. The Morgan fingerprint density at radius 2 is 1.76 bits per heavy atom. The van der Waals surface area contributed by atoms with Gasteiger partial charge in [0, 0.05) is 21.1 Å². The zero-order valence-electron chi connectivity index (χ0n) is 12.1. The second-order valence-electron chi connectivity index (χ2n) is 5.11. The minimum Gasteiger partial charge on any atom is -0.310 e. The van der Waals surface area contributed by atoms with E-state index in [1.54, 1.807) is 6.07 Å². The lowest BCUT2D eigenvalue weighted by atomic mass is 9.97. The highest BCUT2D eigenvalue weighted by atomic mass is 35.5. The van der Waals surface area contributed by atoms with Crippen LogP contribution in [0.1, 0.15) is 29.7 Å². The van der Waals surface area contributed by atoms with E-state index in [9.17, 15) is 0 Å². The fourth-order valence-corrected chi connectivity index (χ4v) is 3.21. The SMILES string of the molecule is CCNC(Cc1ccc(Cl)cc1Cl)c1cc(C)cc(Cl)c1. The molecule has 1 nitrogen and oxygen atoms in total. The molecule has 2 rings (SSSR count). The van der Waals surface area contributed by atoms with Crippen LogP contribution in [-0.4, -0.2) is 6.54 Å². The minimum atomic E-state index is 0.172. The lowest BCUT2D eigenvalue weighted by molar-refractivity contribution is 0.549. The molecule has 0 aliphatic heterocycles. The third kappa shape index (κ3) is 4.62. The van der Waals surface area contributed by atoms with Crippen molar-refractivity contribution in [2.24, 2.45) is 0 Å². The van der Waals surface area contributed by atoms with Crippen LogP contribution < -0.4 is 5.32 Å². The average molecular weight is 343 g/mol. The van der Waals surface area contributed by atoms with E-state index in [0.29, 0.717) is 10.0 Å². The van der Waals surface area contributed by atoms with Gasteiger partial charge in [-0.3, -0.25) is 0 Å². The highest BCUT2D eigenvalue weighted by Gasteiger charge is 2.14. The third-order valence-electron chi connectivity index (χ3n) is 3.36. The van der Waals surface area contributed by atoms with Crippen LogP contribution in [-0.2, 0) is 6.42 Å². The van der Waals surface area contributed by atoms with E-state index < -0.39 is 0 Å². The maximum atomic E-state index is 6.29. The van der Waals surface area contributed by atoms with Crippen molar-refractivity contribution >= 4 is 34.8 Å². The number of hydrogen-bond acceptors (Lipinski definition) is 1. The summed E-state index contributed by atoms with van der Waals surface area (Å²) in [4.78, 5) is 0. The van der Waals surface area contributed by atoms with Gasteiger partial charge in [0.1, 0.15) is 0 Å². The molecule has 0 heterocycles. The predicted octanol–water partition coefficient (Wildman–Crippen LogP) is 5.85. The number of rotatable bonds is 5.